The van der Waals surface area contributed by atoms with E-state index in [0.717, 1.165) is 11.3 Å². The van der Waals surface area contributed by atoms with E-state index in [0.29, 0.717) is 16.8 Å². The van der Waals surface area contributed by atoms with Crippen molar-refractivity contribution in [3.63, 3.8) is 0 Å². The number of amides is 1. The van der Waals surface area contributed by atoms with Crippen LogP contribution in [-0.2, 0) is 22.6 Å². The predicted octanol–water partition coefficient (Wildman–Crippen LogP) is 2.72. The molecule has 2 aromatic carbocycles. The smallest absolute Gasteiger partial charge is 0.338 e. The van der Waals surface area contributed by atoms with Gasteiger partial charge in [-0.2, -0.15) is 0 Å². The van der Waals surface area contributed by atoms with Gasteiger partial charge < -0.3 is 14.6 Å². The fourth-order valence-corrected chi connectivity index (χ4v) is 2.84. The highest BCUT2D eigenvalue weighted by molar-refractivity contribution is 6.04. The number of fused-ring (bicyclic) bond motifs is 1. The molecule has 1 amide bonds. The zero-order valence-corrected chi connectivity index (χ0v) is 13.3. The first-order valence-electron chi connectivity index (χ1n) is 7.87. The zero-order valence-electron chi connectivity index (χ0n) is 13.3. The number of ether oxygens (including phenoxy) is 1. The van der Waals surface area contributed by atoms with Gasteiger partial charge in [0, 0.05) is 23.8 Å². The van der Waals surface area contributed by atoms with Crippen LogP contribution in [0.25, 0.3) is 5.69 Å². The normalized spacial score (nSPS) is 12.6. The lowest BCUT2D eigenvalue weighted by Crippen LogP contribution is -2.08. The highest BCUT2D eigenvalue weighted by Gasteiger charge is 2.24. The summed E-state index contributed by atoms with van der Waals surface area (Å²) in [4.78, 5) is 27.9. The minimum atomic E-state index is -0.424. The fraction of sp³-hybridized carbons (Fsp3) is 0.105. The molecule has 0 spiro atoms. The van der Waals surface area contributed by atoms with Gasteiger partial charge in [-0.25, -0.2) is 9.78 Å². The van der Waals surface area contributed by atoms with E-state index in [1.54, 1.807) is 30.7 Å². The average molecular weight is 333 g/mol. The first kappa shape index (κ1) is 15.1. The molecule has 0 atom stereocenters. The third kappa shape index (κ3) is 3.01. The third-order valence-electron chi connectivity index (χ3n) is 4.12. The van der Waals surface area contributed by atoms with Crippen LogP contribution in [-0.4, -0.2) is 21.4 Å². The predicted molar refractivity (Wildman–Crippen MR) is 91.5 cm³/mol. The van der Waals surface area contributed by atoms with Gasteiger partial charge in [-0.3, -0.25) is 4.79 Å². The van der Waals surface area contributed by atoms with Gasteiger partial charge >= 0.3 is 5.97 Å². The van der Waals surface area contributed by atoms with E-state index in [1.807, 2.05) is 35.0 Å². The van der Waals surface area contributed by atoms with Crippen LogP contribution in [0.15, 0.2) is 61.2 Å². The van der Waals surface area contributed by atoms with Gasteiger partial charge in [0.05, 0.1) is 18.3 Å². The van der Waals surface area contributed by atoms with E-state index in [-0.39, 0.29) is 18.9 Å². The third-order valence-corrected chi connectivity index (χ3v) is 4.12. The summed E-state index contributed by atoms with van der Waals surface area (Å²) in [6, 6.07) is 12.9. The molecule has 1 aliphatic heterocycles. The molecular formula is C19H15N3O3. The summed E-state index contributed by atoms with van der Waals surface area (Å²) in [6.45, 7) is 0.175. The number of hydrogen-bond acceptors (Lipinski definition) is 4. The molecule has 0 unspecified atom stereocenters. The molecule has 4 rings (SSSR count). The maximum absolute atomic E-state index is 12.4. The number of benzene rings is 2. The van der Waals surface area contributed by atoms with Crippen molar-refractivity contribution in [3.05, 3.63) is 77.9 Å². The second-order valence-corrected chi connectivity index (χ2v) is 5.77. The van der Waals surface area contributed by atoms with Crippen molar-refractivity contribution in [2.45, 2.75) is 13.0 Å². The highest BCUT2D eigenvalue weighted by Crippen LogP contribution is 2.26. The maximum atomic E-state index is 12.4. The Kier molecular flexibility index (Phi) is 3.78. The lowest BCUT2D eigenvalue weighted by atomic mass is 10.1. The molecule has 6 heteroatoms. The Bertz CT molecular complexity index is 931. The van der Waals surface area contributed by atoms with Gasteiger partial charge in [0.1, 0.15) is 6.61 Å². The summed E-state index contributed by atoms with van der Waals surface area (Å²) < 4.78 is 7.30. The molecule has 1 N–H and O–H groups in total. The van der Waals surface area contributed by atoms with Crippen LogP contribution in [0.3, 0.4) is 0 Å². The Hall–Kier alpha value is -3.41. The molecule has 3 aromatic rings. The van der Waals surface area contributed by atoms with Gasteiger partial charge in [-0.15, -0.1) is 0 Å². The van der Waals surface area contributed by atoms with Gasteiger partial charge in [-0.1, -0.05) is 18.2 Å². The number of imidazole rings is 1. The number of nitrogens with zero attached hydrogens (tertiary/aromatic N) is 2. The molecule has 25 heavy (non-hydrogen) atoms. The van der Waals surface area contributed by atoms with Crippen molar-refractivity contribution in [2.24, 2.45) is 0 Å². The largest absolute Gasteiger partial charge is 0.457 e. The minimum Gasteiger partial charge on any atom is -0.457 e. The van der Waals surface area contributed by atoms with E-state index < -0.39 is 5.97 Å². The standard InChI is InChI=1S/C19H15N3O3/c23-18-10-16-15(2-1-3-17(16)21-18)19(24)25-11-13-4-6-14(7-5-13)22-9-8-20-12-22/h1-9,12H,10-11H2,(H,21,23). The molecule has 0 saturated heterocycles. The van der Waals surface area contributed by atoms with Crippen molar-refractivity contribution in [2.75, 3.05) is 5.32 Å². The van der Waals surface area contributed by atoms with Crippen molar-refractivity contribution < 1.29 is 14.3 Å². The van der Waals surface area contributed by atoms with Crippen LogP contribution in [0.2, 0.25) is 0 Å². The number of nitrogens with one attached hydrogen (secondary N) is 1. The molecule has 0 radical (unpaired) electrons. The van der Waals surface area contributed by atoms with Crippen LogP contribution in [0.5, 0.6) is 0 Å². The Morgan fingerprint density at radius 2 is 2.04 bits per heavy atom. The number of hydrogen-bond donors (Lipinski definition) is 1. The van der Waals surface area contributed by atoms with Gasteiger partial charge in [0.25, 0.3) is 0 Å². The molecule has 2 heterocycles. The summed E-state index contributed by atoms with van der Waals surface area (Å²) in [7, 11) is 0. The summed E-state index contributed by atoms with van der Waals surface area (Å²) in [5, 5.41) is 2.73. The van der Waals surface area contributed by atoms with E-state index in [1.165, 1.54) is 0 Å². The second-order valence-electron chi connectivity index (χ2n) is 5.77. The lowest BCUT2D eigenvalue weighted by Gasteiger charge is -2.09. The molecular weight excluding hydrogens is 318 g/mol. The summed E-state index contributed by atoms with van der Waals surface area (Å²) in [6.07, 6.45) is 5.51. The topological polar surface area (TPSA) is 73.2 Å². The van der Waals surface area contributed by atoms with Crippen LogP contribution in [0.1, 0.15) is 21.5 Å². The SMILES string of the molecule is O=C1Cc2c(cccc2C(=O)OCc2ccc(-n3ccnc3)cc2)N1. The Morgan fingerprint density at radius 1 is 1.20 bits per heavy atom. The van der Waals surface area contributed by atoms with Gasteiger partial charge in [-0.05, 0) is 35.4 Å². The van der Waals surface area contributed by atoms with Crippen LogP contribution in [0.4, 0.5) is 5.69 Å². The quantitative estimate of drug-likeness (QED) is 0.745. The molecule has 124 valence electrons. The first-order chi connectivity index (χ1) is 12.2. The summed E-state index contributed by atoms with van der Waals surface area (Å²) in [5.74, 6) is -0.530. The molecule has 0 aliphatic carbocycles. The monoisotopic (exact) mass is 333 g/mol. The van der Waals surface area contributed by atoms with E-state index in [2.05, 4.69) is 10.3 Å². The number of anilines is 1. The van der Waals surface area contributed by atoms with Crippen molar-refractivity contribution in [1.29, 1.82) is 0 Å². The van der Waals surface area contributed by atoms with E-state index >= 15 is 0 Å². The molecule has 1 aromatic heterocycles. The Morgan fingerprint density at radius 3 is 2.80 bits per heavy atom. The van der Waals surface area contributed by atoms with Crippen LogP contribution < -0.4 is 5.32 Å². The van der Waals surface area contributed by atoms with Crippen LogP contribution >= 0.6 is 0 Å². The Labute approximate surface area is 144 Å². The van der Waals surface area contributed by atoms with Crippen molar-refractivity contribution >= 4 is 17.6 Å². The Balaban J connectivity index is 1.45. The lowest BCUT2D eigenvalue weighted by molar-refractivity contribution is -0.115. The van der Waals surface area contributed by atoms with Crippen molar-refractivity contribution in [3.8, 4) is 5.69 Å². The van der Waals surface area contributed by atoms with E-state index in [9.17, 15) is 9.59 Å². The maximum Gasteiger partial charge on any atom is 0.338 e. The zero-order chi connectivity index (χ0) is 17.2. The summed E-state index contributed by atoms with van der Waals surface area (Å²) in [5.41, 5.74) is 3.69. The number of esters is 1. The fourth-order valence-electron chi connectivity index (χ4n) is 2.84. The first-order valence-corrected chi connectivity index (χ1v) is 7.87. The molecule has 0 fully saturated rings. The summed E-state index contributed by atoms with van der Waals surface area (Å²) >= 11 is 0. The van der Waals surface area contributed by atoms with Crippen LogP contribution in [0, 0.1) is 0 Å². The molecule has 0 saturated carbocycles. The highest BCUT2D eigenvalue weighted by atomic mass is 16.5. The molecule has 1 aliphatic rings. The average Bonchev–Trinajstić information content (AvgIpc) is 3.28. The number of rotatable bonds is 4. The second kappa shape index (κ2) is 6.24. The minimum absolute atomic E-state index is 0.106. The number of aromatic nitrogens is 2. The number of carbonyl (C=O) groups excluding carboxylic acids is 2. The van der Waals surface area contributed by atoms with Crippen molar-refractivity contribution in [1.82, 2.24) is 9.55 Å². The molecule has 0 bridgehead atoms. The van der Waals surface area contributed by atoms with Gasteiger partial charge in [0.15, 0.2) is 0 Å². The number of carbonyl (C=O) groups is 2. The van der Waals surface area contributed by atoms with Gasteiger partial charge in [0.2, 0.25) is 5.91 Å². The molecule has 6 nitrogen and oxygen atoms in total. The van der Waals surface area contributed by atoms with E-state index in [4.69, 9.17) is 4.74 Å².